The number of halogens is 2. The first-order valence-electron chi connectivity index (χ1n) is 5.64. The fourth-order valence-electron chi connectivity index (χ4n) is 2.11. The van der Waals surface area contributed by atoms with Gasteiger partial charge in [0.15, 0.2) is 5.13 Å². The first-order valence-corrected chi connectivity index (χ1v) is 7.25. The van der Waals surface area contributed by atoms with E-state index in [1.807, 2.05) is 0 Å². The monoisotopic (exact) mass is 332 g/mol. The van der Waals surface area contributed by atoms with Crippen LogP contribution >= 0.6 is 39.7 Å². The number of anilines is 1. The summed E-state index contributed by atoms with van der Waals surface area (Å²) in [4.78, 5) is 7.12. The van der Waals surface area contributed by atoms with E-state index < -0.39 is 0 Å². The van der Waals surface area contributed by atoms with Crippen LogP contribution < -0.4 is 4.90 Å². The molecule has 1 aliphatic heterocycles. The zero-order chi connectivity index (χ0) is 11.0. The van der Waals surface area contributed by atoms with Crippen molar-refractivity contribution in [3.05, 3.63) is 22.7 Å². The molecule has 5 heteroatoms. The topological polar surface area (TPSA) is 16.1 Å². The van der Waals surface area contributed by atoms with Crippen LogP contribution in [0.1, 0.15) is 19.3 Å². The largest absolute Gasteiger partial charge is 0.348 e. The molecule has 2 aromatic rings. The molecular formula is C12H14BrClN2S. The predicted octanol–water partition coefficient (Wildman–Crippen LogP) is 4.47. The smallest absolute Gasteiger partial charge is 0.186 e. The fourth-order valence-corrected chi connectivity index (χ4v) is 3.68. The van der Waals surface area contributed by atoms with Crippen LogP contribution in [0.15, 0.2) is 22.7 Å². The number of nitrogens with zero attached hydrogens (tertiary/aromatic N) is 2. The minimum atomic E-state index is 0. The highest BCUT2D eigenvalue weighted by molar-refractivity contribution is 9.10. The molecule has 3 rings (SSSR count). The summed E-state index contributed by atoms with van der Waals surface area (Å²) in [5.74, 6) is 0. The van der Waals surface area contributed by atoms with Gasteiger partial charge in [0.2, 0.25) is 0 Å². The van der Waals surface area contributed by atoms with Crippen LogP contribution in [0.5, 0.6) is 0 Å². The lowest BCUT2D eigenvalue weighted by Gasteiger charge is -2.25. The van der Waals surface area contributed by atoms with Crippen molar-refractivity contribution >= 4 is 55.0 Å². The van der Waals surface area contributed by atoms with Crippen molar-refractivity contribution in [1.29, 1.82) is 0 Å². The maximum absolute atomic E-state index is 4.70. The summed E-state index contributed by atoms with van der Waals surface area (Å²) in [5.41, 5.74) is 1.12. The molecule has 2 nitrogen and oxygen atoms in total. The Labute approximate surface area is 120 Å². The Morgan fingerprint density at radius 3 is 2.71 bits per heavy atom. The molecule has 1 aromatic carbocycles. The molecule has 1 fully saturated rings. The van der Waals surface area contributed by atoms with Gasteiger partial charge in [0.1, 0.15) is 0 Å². The van der Waals surface area contributed by atoms with Crippen molar-refractivity contribution in [3.8, 4) is 0 Å². The van der Waals surface area contributed by atoms with Crippen molar-refractivity contribution in [1.82, 2.24) is 4.98 Å². The third kappa shape index (κ3) is 2.75. The quantitative estimate of drug-likeness (QED) is 0.765. The maximum atomic E-state index is 4.70. The molecule has 2 heterocycles. The van der Waals surface area contributed by atoms with Gasteiger partial charge in [0, 0.05) is 17.6 Å². The van der Waals surface area contributed by atoms with Gasteiger partial charge < -0.3 is 4.90 Å². The number of piperidine rings is 1. The summed E-state index contributed by atoms with van der Waals surface area (Å²) in [6.07, 6.45) is 3.98. The lowest BCUT2D eigenvalue weighted by molar-refractivity contribution is 0.577. The van der Waals surface area contributed by atoms with Crippen LogP contribution in [0.4, 0.5) is 5.13 Å². The Balaban J connectivity index is 0.00000108. The summed E-state index contributed by atoms with van der Waals surface area (Å²) in [7, 11) is 0. The van der Waals surface area contributed by atoms with Gasteiger partial charge in [-0.25, -0.2) is 4.98 Å². The second-order valence-corrected chi connectivity index (χ2v) is 6.08. The molecule has 1 aliphatic rings. The average molecular weight is 334 g/mol. The van der Waals surface area contributed by atoms with E-state index >= 15 is 0 Å². The Kier molecular flexibility index (Phi) is 4.28. The van der Waals surface area contributed by atoms with Crippen molar-refractivity contribution in [3.63, 3.8) is 0 Å². The zero-order valence-electron chi connectivity index (χ0n) is 9.36. The van der Waals surface area contributed by atoms with E-state index in [0.29, 0.717) is 0 Å². The predicted molar refractivity (Wildman–Crippen MR) is 80.6 cm³/mol. The molecule has 0 saturated carbocycles. The van der Waals surface area contributed by atoms with Crippen molar-refractivity contribution in [2.24, 2.45) is 0 Å². The van der Waals surface area contributed by atoms with E-state index in [2.05, 4.69) is 39.0 Å². The molecule has 17 heavy (non-hydrogen) atoms. The fraction of sp³-hybridized carbons (Fsp3) is 0.417. The van der Waals surface area contributed by atoms with Crippen LogP contribution in [0, 0.1) is 0 Å². The molecule has 1 saturated heterocycles. The number of aromatic nitrogens is 1. The Morgan fingerprint density at radius 1 is 1.18 bits per heavy atom. The van der Waals surface area contributed by atoms with Gasteiger partial charge in [-0.3, -0.25) is 0 Å². The highest BCUT2D eigenvalue weighted by Gasteiger charge is 2.14. The Hall–Kier alpha value is -0.320. The Morgan fingerprint density at radius 2 is 1.94 bits per heavy atom. The zero-order valence-corrected chi connectivity index (χ0v) is 12.6. The molecule has 92 valence electrons. The molecule has 0 unspecified atom stereocenters. The van der Waals surface area contributed by atoms with Crippen LogP contribution in [0.25, 0.3) is 10.2 Å². The van der Waals surface area contributed by atoms with Crippen LogP contribution in [0.2, 0.25) is 0 Å². The molecule has 0 N–H and O–H groups in total. The molecule has 0 radical (unpaired) electrons. The summed E-state index contributed by atoms with van der Waals surface area (Å²) < 4.78 is 2.41. The molecule has 0 atom stereocenters. The van der Waals surface area contributed by atoms with Crippen LogP contribution in [0.3, 0.4) is 0 Å². The number of thiazole rings is 1. The van der Waals surface area contributed by atoms with E-state index in [4.69, 9.17) is 4.98 Å². The first kappa shape index (κ1) is 13.1. The van der Waals surface area contributed by atoms with E-state index in [9.17, 15) is 0 Å². The summed E-state index contributed by atoms with van der Waals surface area (Å²) >= 11 is 5.31. The Bertz CT molecular complexity index is 508. The minimum absolute atomic E-state index is 0. The maximum Gasteiger partial charge on any atom is 0.186 e. The third-order valence-electron chi connectivity index (χ3n) is 2.97. The number of hydrogen-bond donors (Lipinski definition) is 0. The van der Waals surface area contributed by atoms with E-state index in [-0.39, 0.29) is 12.4 Å². The van der Waals surface area contributed by atoms with Crippen LogP contribution in [-0.2, 0) is 0 Å². The van der Waals surface area contributed by atoms with Gasteiger partial charge in [-0.2, -0.15) is 0 Å². The molecule has 0 aliphatic carbocycles. The summed E-state index contributed by atoms with van der Waals surface area (Å²) in [6, 6.07) is 6.30. The number of hydrogen-bond acceptors (Lipinski definition) is 3. The van der Waals surface area contributed by atoms with Crippen molar-refractivity contribution < 1.29 is 0 Å². The molecule has 0 amide bonds. The average Bonchev–Trinajstić information content (AvgIpc) is 2.73. The van der Waals surface area contributed by atoms with Gasteiger partial charge in [-0.15, -0.1) is 12.4 Å². The van der Waals surface area contributed by atoms with Crippen molar-refractivity contribution in [2.45, 2.75) is 19.3 Å². The molecular weight excluding hydrogens is 320 g/mol. The standard InChI is InChI=1S/C12H13BrN2S.ClH/c13-9-4-5-10-11(8-9)16-12(14-10)15-6-2-1-3-7-15;/h4-5,8H,1-3,6-7H2;1H. The minimum Gasteiger partial charge on any atom is -0.348 e. The highest BCUT2D eigenvalue weighted by Crippen LogP contribution is 2.31. The summed E-state index contributed by atoms with van der Waals surface area (Å²) in [5, 5.41) is 1.19. The molecule has 0 spiro atoms. The van der Waals surface area contributed by atoms with Gasteiger partial charge >= 0.3 is 0 Å². The van der Waals surface area contributed by atoms with Gasteiger partial charge in [0.05, 0.1) is 10.2 Å². The second-order valence-electron chi connectivity index (χ2n) is 4.16. The first-order chi connectivity index (χ1) is 7.83. The number of benzene rings is 1. The van der Waals surface area contributed by atoms with E-state index in [1.54, 1.807) is 11.3 Å². The van der Waals surface area contributed by atoms with Gasteiger partial charge in [-0.1, -0.05) is 27.3 Å². The SMILES string of the molecule is Brc1ccc2nc(N3CCCCC3)sc2c1.Cl. The van der Waals surface area contributed by atoms with Crippen LogP contribution in [-0.4, -0.2) is 18.1 Å². The van der Waals surface area contributed by atoms with E-state index in [0.717, 1.165) is 9.99 Å². The van der Waals surface area contributed by atoms with Gasteiger partial charge in [-0.05, 0) is 37.5 Å². The third-order valence-corrected chi connectivity index (χ3v) is 4.54. The lowest BCUT2D eigenvalue weighted by atomic mass is 10.1. The van der Waals surface area contributed by atoms with E-state index in [1.165, 1.54) is 42.2 Å². The summed E-state index contributed by atoms with van der Waals surface area (Å²) in [6.45, 7) is 2.34. The second kappa shape index (κ2) is 5.55. The normalized spacial score (nSPS) is 15.9. The van der Waals surface area contributed by atoms with Gasteiger partial charge in [0.25, 0.3) is 0 Å². The number of fused-ring (bicyclic) bond motifs is 1. The highest BCUT2D eigenvalue weighted by atomic mass is 79.9. The lowest BCUT2D eigenvalue weighted by Crippen LogP contribution is -2.29. The molecule has 0 bridgehead atoms. The molecule has 1 aromatic heterocycles. The van der Waals surface area contributed by atoms with Crippen molar-refractivity contribution in [2.75, 3.05) is 18.0 Å². The number of rotatable bonds is 1.